The number of guanidine groups is 1. The van der Waals surface area contributed by atoms with E-state index in [4.69, 9.17) is 5.73 Å². The van der Waals surface area contributed by atoms with Gasteiger partial charge in [-0.25, -0.2) is 4.99 Å². The van der Waals surface area contributed by atoms with E-state index >= 15 is 0 Å². The third-order valence-electron chi connectivity index (χ3n) is 2.98. The van der Waals surface area contributed by atoms with Gasteiger partial charge >= 0.3 is 0 Å². The second kappa shape index (κ2) is 8.63. The van der Waals surface area contributed by atoms with Crippen molar-refractivity contribution in [3.05, 3.63) is 54.6 Å². The summed E-state index contributed by atoms with van der Waals surface area (Å²) in [5.74, 6) is 0.452. The van der Waals surface area contributed by atoms with Crippen molar-refractivity contribution in [3.63, 3.8) is 0 Å². The highest BCUT2D eigenvalue weighted by Crippen LogP contribution is 2.17. The maximum atomic E-state index is 5.71. The van der Waals surface area contributed by atoms with Gasteiger partial charge in [-0.05, 0) is 17.7 Å². The average Bonchev–Trinajstić information content (AvgIpc) is 2.97. The van der Waals surface area contributed by atoms with Gasteiger partial charge in [0.2, 0.25) is 0 Å². The van der Waals surface area contributed by atoms with E-state index in [-0.39, 0.29) is 24.0 Å². The molecule has 0 aromatic heterocycles. The number of nitrogens with two attached hydrogens (primary N) is 1. The summed E-state index contributed by atoms with van der Waals surface area (Å²) in [6.07, 6.45) is 6.12. The predicted molar refractivity (Wildman–Crippen MR) is 96.7 cm³/mol. The Morgan fingerprint density at radius 2 is 1.95 bits per heavy atom. The molecule has 0 amide bonds. The predicted octanol–water partition coefficient (Wildman–Crippen LogP) is 2.27. The first kappa shape index (κ1) is 16.6. The molecule has 0 saturated carbocycles. The van der Waals surface area contributed by atoms with Gasteiger partial charge in [-0.2, -0.15) is 0 Å². The van der Waals surface area contributed by atoms with Crippen LogP contribution in [-0.4, -0.2) is 25.6 Å². The van der Waals surface area contributed by atoms with Crippen molar-refractivity contribution in [3.8, 4) is 0 Å². The number of aliphatic imine (C=N–C) groups is 1. The number of nitrogens with one attached hydrogen (secondary N) is 1. The number of benzene rings is 1. The molecule has 108 valence electrons. The fraction of sp³-hybridized carbons (Fsp3) is 0.267. The van der Waals surface area contributed by atoms with Gasteiger partial charge in [0, 0.05) is 25.3 Å². The Morgan fingerprint density at radius 3 is 2.55 bits per heavy atom. The van der Waals surface area contributed by atoms with Gasteiger partial charge in [0.25, 0.3) is 0 Å². The molecule has 4 nitrogen and oxygen atoms in total. The minimum Gasteiger partial charge on any atom is -0.370 e. The van der Waals surface area contributed by atoms with Crippen molar-refractivity contribution >= 4 is 35.6 Å². The Kier molecular flexibility index (Phi) is 7.14. The summed E-state index contributed by atoms with van der Waals surface area (Å²) in [6.45, 7) is 6.83. The van der Waals surface area contributed by atoms with E-state index in [1.54, 1.807) is 6.08 Å². The van der Waals surface area contributed by atoms with E-state index in [0.29, 0.717) is 19.0 Å². The summed E-state index contributed by atoms with van der Waals surface area (Å²) in [6, 6.07) is 8.45. The van der Waals surface area contributed by atoms with Crippen molar-refractivity contribution in [2.45, 2.75) is 6.54 Å². The van der Waals surface area contributed by atoms with Crippen molar-refractivity contribution in [2.24, 2.45) is 10.7 Å². The molecule has 20 heavy (non-hydrogen) atoms. The lowest BCUT2D eigenvalue weighted by atomic mass is 10.2. The smallest absolute Gasteiger partial charge is 0.189 e. The highest BCUT2D eigenvalue weighted by molar-refractivity contribution is 14.0. The second-order valence-corrected chi connectivity index (χ2v) is 4.41. The quantitative estimate of drug-likeness (QED) is 0.355. The zero-order valence-corrected chi connectivity index (χ0v) is 13.8. The Bertz CT molecular complexity index is 471. The standard InChI is InChI=1S/C15H20N4.HI/c1-2-9-17-15(16)18-12-13-5-7-14(8-6-13)19-10-3-4-11-19;/h2-8H,1,9-12H2,(H3,16,17,18);1H. The van der Waals surface area contributed by atoms with E-state index in [0.717, 1.165) is 18.7 Å². The van der Waals surface area contributed by atoms with Crippen LogP contribution in [-0.2, 0) is 6.54 Å². The third kappa shape index (κ3) is 4.88. The zero-order chi connectivity index (χ0) is 13.5. The van der Waals surface area contributed by atoms with Gasteiger partial charge in [0.15, 0.2) is 5.96 Å². The average molecular weight is 384 g/mol. The Balaban J connectivity index is 0.00000200. The number of hydrogen-bond donors (Lipinski definition) is 2. The summed E-state index contributed by atoms with van der Waals surface area (Å²) in [5, 5.41) is 2.95. The lowest BCUT2D eigenvalue weighted by molar-refractivity contribution is 0.966. The highest BCUT2D eigenvalue weighted by Gasteiger charge is 2.06. The minimum atomic E-state index is 0. The van der Waals surface area contributed by atoms with Crippen LogP contribution in [0.25, 0.3) is 0 Å². The topological polar surface area (TPSA) is 53.6 Å². The monoisotopic (exact) mass is 384 g/mol. The van der Waals surface area contributed by atoms with Crippen LogP contribution in [0.5, 0.6) is 0 Å². The number of anilines is 1. The number of halogens is 1. The van der Waals surface area contributed by atoms with Crippen molar-refractivity contribution in [1.82, 2.24) is 5.32 Å². The van der Waals surface area contributed by atoms with Gasteiger partial charge in [-0.1, -0.05) is 30.4 Å². The highest BCUT2D eigenvalue weighted by atomic mass is 127. The van der Waals surface area contributed by atoms with E-state index in [1.165, 1.54) is 5.69 Å². The van der Waals surface area contributed by atoms with Crippen LogP contribution >= 0.6 is 24.0 Å². The largest absolute Gasteiger partial charge is 0.370 e. The SMILES string of the molecule is C=CCNC(N)=NCc1ccc(N2CC=CC2)cc1.I. The lowest BCUT2D eigenvalue weighted by Gasteiger charge is -2.17. The van der Waals surface area contributed by atoms with Crippen LogP contribution in [0.2, 0.25) is 0 Å². The van der Waals surface area contributed by atoms with Crippen molar-refractivity contribution in [1.29, 1.82) is 0 Å². The Labute approximate surface area is 137 Å². The molecule has 0 unspecified atom stereocenters. The maximum Gasteiger partial charge on any atom is 0.189 e. The molecule has 0 radical (unpaired) electrons. The van der Waals surface area contributed by atoms with Crippen LogP contribution in [0.4, 0.5) is 5.69 Å². The molecule has 1 aliphatic heterocycles. The molecule has 2 rings (SSSR count). The van der Waals surface area contributed by atoms with Crippen LogP contribution in [0, 0.1) is 0 Å². The van der Waals surface area contributed by atoms with Gasteiger partial charge < -0.3 is 16.0 Å². The Hall–Kier alpha value is -1.50. The van der Waals surface area contributed by atoms with Gasteiger partial charge in [-0.3, -0.25) is 0 Å². The van der Waals surface area contributed by atoms with Gasteiger partial charge in [0.05, 0.1) is 6.54 Å². The van der Waals surface area contributed by atoms with Crippen LogP contribution in [0.1, 0.15) is 5.56 Å². The van der Waals surface area contributed by atoms with E-state index < -0.39 is 0 Å². The molecule has 1 heterocycles. The number of nitrogens with zero attached hydrogens (tertiary/aromatic N) is 2. The van der Waals surface area contributed by atoms with Gasteiger partial charge in [0.1, 0.15) is 0 Å². The normalized spacial score (nSPS) is 14.0. The van der Waals surface area contributed by atoms with E-state index in [2.05, 4.69) is 58.2 Å². The summed E-state index contributed by atoms with van der Waals surface area (Å²) >= 11 is 0. The molecule has 0 saturated heterocycles. The first-order chi connectivity index (χ1) is 9.29. The fourth-order valence-electron chi connectivity index (χ4n) is 1.91. The zero-order valence-electron chi connectivity index (χ0n) is 11.5. The van der Waals surface area contributed by atoms with Crippen molar-refractivity contribution < 1.29 is 0 Å². The summed E-state index contributed by atoms with van der Waals surface area (Å²) in [4.78, 5) is 6.58. The molecule has 0 bridgehead atoms. The molecule has 1 aliphatic rings. The third-order valence-corrected chi connectivity index (χ3v) is 2.98. The number of hydrogen-bond acceptors (Lipinski definition) is 2. The molecule has 0 fully saturated rings. The summed E-state index contributed by atoms with van der Waals surface area (Å²) in [5.41, 5.74) is 8.11. The second-order valence-electron chi connectivity index (χ2n) is 4.41. The van der Waals surface area contributed by atoms with Crippen LogP contribution in [0.3, 0.4) is 0 Å². The van der Waals surface area contributed by atoms with Crippen molar-refractivity contribution in [2.75, 3.05) is 24.5 Å². The fourth-order valence-corrected chi connectivity index (χ4v) is 1.91. The van der Waals surface area contributed by atoms with Crippen LogP contribution in [0.15, 0.2) is 54.1 Å². The van der Waals surface area contributed by atoms with Crippen LogP contribution < -0.4 is 16.0 Å². The molecule has 0 aliphatic carbocycles. The summed E-state index contributed by atoms with van der Waals surface area (Å²) in [7, 11) is 0. The first-order valence-corrected chi connectivity index (χ1v) is 6.43. The van der Waals surface area contributed by atoms with E-state index in [1.807, 2.05) is 0 Å². The minimum absolute atomic E-state index is 0. The Morgan fingerprint density at radius 1 is 1.30 bits per heavy atom. The molecule has 1 aromatic carbocycles. The molecule has 5 heteroatoms. The summed E-state index contributed by atoms with van der Waals surface area (Å²) < 4.78 is 0. The van der Waals surface area contributed by atoms with Gasteiger partial charge in [-0.15, -0.1) is 30.6 Å². The first-order valence-electron chi connectivity index (χ1n) is 6.43. The molecule has 1 aromatic rings. The lowest BCUT2D eigenvalue weighted by Crippen LogP contribution is -2.31. The molecule has 0 spiro atoms. The maximum absolute atomic E-state index is 5.71. The molecular weight excluding hydrogens is 363 g/mol. The number of rotatable bonds is 5. The molecule has 3 N–H and O–H groups in total. The van der Waals surface area contributed by atoms with E-state index in [9.17, 15) is 0 Å². The molecular formula is C15H21IN4. The molecule has 0 atom stereocenters.